The minimum absolute atomic E-state index is 0.00521. The number of amides is 1. The van der Waals surface area contributed by atoms with Crippen molar-refractivity contribution in [2.45, 2.75) is 13.0 Å². The fourth-order valence-corrected chi connectivity index (χ4v) is 2.22. The molecule has 0 bridgehead atoms. The molecule has 0 fully saturated rings. The zero-order valence-corrected chi connectivity index (χ0v) is 11.0. The van der Waals surface area contributed by atoms with Gasteiger partial charge in [0, 0.05) is 18.0 Å². The highest BCUT2D eigenvalue weighted by atomic mass is 35.5. The van der Waals surface area contributed by atoms with E-state index in [-0.39, 0.29) is 12.1 Å². The number of carbonyl (C=O) groups is 1. The summed E-state index contributed by atoms with van der Waals surface area (Å²) in [7, 11) is 0. The number of primary amides is 1. The molecule has 1 aromatic heterocycles. The Bertz CT molecular complexity index is 631. The lowest BCUT2D eigenvalue weighted by atomic mass is 10.1. The van der Waals surface area contributed by atoms with E-state index in [1.54, 1.807) is 0 Å². The fourth-order valence-electron chi connectivity index (χ4n) is 2.05. The molecule has 0 spiro atoms. The molecule has 5 nitrogen and oxygen atoms in total. The third-order valence-corrected chi connectivity index (χ3v) is 2.93. The molecule has 0 atom stereocenters. The lowest BCUT2D eigenvalue weighted by molar-refractivity contribution is -0.117. The number of benzene rings is 1. The first-order valence-electron chi connectivity index (χ1n) is 5.85. The van der Waals surface area contributed by atoms with Gasteiger partial charge in [0.25, 0.3) is 0 Å². The first-order valence-corrected chi connectivity index (χ1v) is 6.38. The number of nitrogens with two attached hydrogens (primary N) is 1. The number of nitrogens with zero attached hydrogens (tertiary/aromatic N) is 1. The SMILES string of the molecule is NC(=O)Cc1[nH]c(=O)n(CCCl)c1-c1ccccc1. The monoisotopic (exact) mass is 279 g/mol. The highest BCUT2D eigenvalue weighted by molar-refractivity contribution is 6.17. The van der Waals surface area contributed by atoms with Gasteiger partial charge in [-0.05, 0) is 0 Å². The number of halogens is 1. The molecule has 1 aromatic carbocycles. The van der Waals surface area contributed by atoms with Crippen molar-refractivity contribution < 1.29 is 4.79 Å². The average Bonchev–Trinajstić information content (AvgIpc) is 2.67. The Balaban J connectivity index is 2.60. The number of carbonyl (C=O) groups excluding carboxylic acids is 1. The van der Waals surface area contributed by atoms with Crippen molar-refractivity contribution in [1.29, 1.82) is 0 Å². The molecule has 0 saturated heterocycles. The number of imidazole rings is 1. The molecule has 0 unspecified atom stereocenters. The molecule has 0 aliphatic carbocycles. The molecule has 0 aliphatic rings. The van der Waals surface area contributed by atoms with E-state index in [4.69, 9.17) is 17.3 Å². The number of hydrogen-bond donors (Lipinski definition) is 2. The van der Waals surface area contributed by atoms with Crippen LogP contribution in [-0.2, 0) is 17.8 Å². The summed E-state index contributed by atoms with van der Waals surface area (Å²) in [6.45, 7) is 0.375. The van der Waals surface area contributed by atoms with Crippen LogP contribution < -0.4 is 11.4 Å². The fraction of sp³-hybridized carbons (Fsp3) is 0.231. The van der Waals surface area contributed by atoms with Crippen LogP contribution >= 0.6 is 11.6 Å². The van der Waals surface area contributed by atoms with Crippen LogP contribution in [0.25, 0.3) is 11.3 Å². The lowest BCUT2D eigenvalue weighted by Crippen LogP contribution is -2.18. The van der Waals surface area contributed by atoms with E-state index in [9.17, 15) is 9.59 Å². The predicted molar refractivity (Wildman–Crippen MR) is 74.1 cm³/mol. The van der Waals surface area contributed by atoms with Crippen LogP contribution in [0.5, 0.6) is 0 Å². The van der Waals surface area contributed by atoms with Gasteiger partial charge in [0.15, 0.2) is 0 Å². The van der Waals surface area contributed by atoms with Crippen molar-refractivity contribution in [3.8, 4) is 11.3 Å². The molecule has 0 saturated carbocycles. The lowest BCUT2D eigenvalue weighted by Gasteiger charge is -2.07. The summed E-state index contributed by atoms with van der Waals surface area (Å²) in [6, 6.07) is 9.36. The van der Waals surface area contributed by atoms with Gasteiger partial charge in [0.05, 0.1) is 17.8 Å². The second-order valence-electron chi connectivity index (χ2n) is 4.11. The van der Waals surface area contributed by atoms with E-state index in [2.05, 4.69) is 4.98 Å². The van der Waals surface area contributed by atoms with Crippen LogP contribution in [0.3, 0.4) is 0 Å². The van der Waals surface area contributed by atoms with E-state index in [0.717, 1.165) is 5.56 Å². The predicted octanol–water partition coefficient (Wildman–Crippen LogP) is 1.11. The van der Waals surface area contributed by atoms with Gasteiger partial charge in [-0.25, -0.2) is 4.79 Å². The highest BCUT2D eigenvalue weighted by Crippen LogP contribution is 2.21. The molecular weight excluding hydrogens is 266 g/mol. The van der Waals surface area contributed by atoms with Crippen molar-refractivity contribution in [2.24, 2.45) is 5.73 Å². The Labute approximate surface area is 115 Å². The average molecular weight is 280 g/mol. The maximum Gasteiger partial charge on any atom is 0.326 e. The molecule has 19 heavy (non-hydrogen) atoms. The standard InChI is InChI=1S/C13H14ClN3O2/c14-6-7-17-12(9-4-2-1-3-5-9)10(8-11(15)18)16-13(17)19/h1-5H,6-8H2,(H2,15,18)(H,16,19). The maximum absolute atomic E-state index is 11.9. The third-order valence-electron chi connectivity index (χ3n) is 2.77. The van der Waals surface area contributed by atoms with Crippen LogP contribution in [0.2, 0.25) is 0 Å². The largest absolute Gasteiger partial charge is 0.369 e. The summed E-state index contributed by atoms with van der Waals surface area (Å²) in [6.07, 6.45) is -0.00521. The molecule has 3 N–H and O–H groups in total. The van der Waals surface area contributed by atoms with Crippen LogP contribution in [-0.4, -0.2) is 21.3 Å². The summed E-state index contributed by atoms with van der Waals surface area (Å²) in [5, 5.41) is 0. The second-order valence-corrected chi connectivity index (χ2v) is 4.49. The molecule has 2 aromatic rings. The van der Waals surface area contributed by atoms with E-state index in [0.29, 0.717) is 23.8 Å². The molecule has 0 radical (unpaired) electrons. The number of rotatable bonds is 5. The molecule has 0 aliphatic heterocycles. The normalized spacial score (nSPS) is 10.6. The number of aromatic nitrogens is 2. The molecular formula is C13H14ClN3O2. The Hall–Kier alpha value is -2.01. The summed E-state index contributed by atoms with van der Waals surface area (Å²) in [5.41, 5.74) is 6.97. The zero-order valence-electron chi connectivity index (χ0n) is 10.2. The number of nitrogens with one attached hydrogen (secondary N) is 1. The van der Waals surface area contributed by atoms with Gasteiger partial charge < -0.3 is 10.7 Å². The van der Waals surface area contributed by atoms with Gasteiger partial charge in [-0.2, -0.15) is 0 Å². The Morgan fingerprint density at radius 3 is 2.58 bits per heavy atom. The van der Waals surface area contributed by atoms with Crippen molar-refractivity contribution >= 4 is 17.5 Å². The van der Waals surface area contributed by atoms with Gasteiger partial charge in [-0.1, -0.05) is 30.3 Å². The van der Waals surface area contributed by atoms with Gasteiger partial charge >= 0.3 is 5.69 Å². The molecule has 100 valence electrons. The van der Waals surface area contributed by atoms with E-state index < -0.39 is 5.91 Å². The minimum atomic E-state index is -0.489. The van der Waals surface area contributed by atoms with Gasteiger partial charge in [0.1, 0.15) is 0 Å². The topological polar surface area (TPSA) is 80.9 Å². The van der Waals surface area contributed by atoms with Crippen LogP contribution in [0.4, 0.5) is 0 Å². The van der Waals surface area contributed by atoms with Crippen LogP contribution in [0.15, 0.2) is 35.1 Å². The Morgan fingerprint density at radius 2 is 2.00 bits per heavy atom. The second kappa shape index (κ2) is 5.75. The third kappa shape index (κ3) is 2.88. The quantitative estimate of drug-likeness (QED) is 0.804. The van der Waals surface area contributed by atoms with Gasteiger partial charge in [0.2, 0.25) is 5.91 Å². The zero-order chi connectivity index (χ0) is 13.8. The van der Waals surface area contributed by atoms with Crippen molar-refractivity contribution in [1.82, 2.24) is 9.55 Å². The van der Waals surface area contributed by atoms with Crippen molar-refractivity contribution in [3.05, 3.63) is 46.5 Å². The van der Waals surface area contributed by atoms with E-state index in [1.807, 2.05) is 30.3 Å². The number of alkyl halides is 1. The summed E-state index contributed by atoms with van der Waals surface area (Å²) in [4.78, 5) is 25.7. The minimum Gasteiger partial charge on any atom is -0.369 e. The maximum atomic E-state index is 11.9. The van der Waals surface area contributed by atoms with Gasteiger partial charge in [-0.3, -0.25) is 9.36 Å². The molecule has 1 heterocycles. The Kier molecular flexibility index (Phi) is 4.06. The van der Waals surface area contributed by atoms with Crippen molar-refractivity contribution in [2.75, 3.05) is 5.88 Å². The van der Waals surface area contributed by atoms with Crippen LogP contribution in [0, 0.1) is 0 Å². The smallest absolute Gasteiger partial charge is 0.326 e. The number of aromatic amines is 1. The summed E-state index contributed by atoms with van der Waals surface area (Å²) >= 11 is 5.72. The molecule has 2 rings (SSSR count). The number of hydrogen-bond acceptors (Lipinski definition) is 2. The van der Waals surface area contributed by atoms with Gasteiger partial charge in [-0.15, -0.1) is 11.6 Å². The summed E-state index contributed by atoms with van der Waals surface area (Å²) in [5.74, 6) is -0.176. The molecule has 6 heteroatoms. The van der Waals surface area contributed by atoms with Crippen molar-refractivity contribution in [3.63, 3.8) is 0 Å². The highest BCUT2D eigenvalue weighted by Gasteiger charge is 2.16. The Morgan fingerprint density at radius 1 is 1.32 bits per heavy atom. The van der Waals surface area contributed by atoms with Crippen LogP contribution in [0.1, 0.15) is 5.69 Å². The summed E-state index contributed by atoms with van der Waals surface area (Å²) < 4.78 is 1.53. The number of H-pyrrole nitrogens is 1. The first-order chi connectivity index (χ1) is 9.13. The molecule has 1 amide bonds. The van der Waals surface area contributed by atoms with E-state index in [1.165, 1.54) is 4.57 Å². The van der Waals surface area contributed by atoms with E-state index >= 15 is 0 Å². The first kappa shape index (κ1) is 13.4.